The number of carbonyl (C=O) groups is 1. The summed E-state index contributed by atoms with van der Waals surface area (Å²) in [4.78, 5) is 12.2. The summed E-state index contributed by atoms with van der Waals surface area (Å²) in [6.45, 7) is -0.191. The molecule has 0 radical (unpaired) electrons. The molecule has 0 spiro atoms. The average Bonchev–Trinajstić information content (AvgIpc) is 2.45. The van der Waals surface area contributed by atoms with Crippen molar-refractivity contribution in [3.63, 3.8) is 0 Å². The first kappa shape index (κ1) is 14.4. The molecule has 0 heterocycles. The van der Waals surface area contributed by atoms with Crippen LogP contribution in [0.1, 0.15) is 22.0 Å². The number of nitrogen functional groups attached to an aromatic ring is 1. The molecule has 1 atom stereocenters. The quantitative estimate of drug-likeness (QED) is 0.757. The zero-order valence-corrected chi connectivity index (χ0v) is 11.5. The van der Waals surface area contributed by atoms with E-state index < -0.39 is 6.04 Å². The maximum atomic E-state index is 12.2. The van der Waals surface area contributed by atoms with Gasteiger partial charge in [0, 0.05) is 10.7 Å². The number of aliphatic hydroxyl groups excluding tert-OH is 1. The zero-order valence-electron chi connectivity index (χ0n) is 10.7. The third-order valence-electron chi connectivity index (χ3n) is 2.95. The number of benzene rings is 2. The molecule has 0 fully saturated rings. The van der Waals surface area contributed by atoms with E-state index in [4.69, 9.17) is 17.3 Å². The van der Waals surface area contributed by atoms with Gasteiger partial charge in [-0.25, -0.2) is 0 Å². The first-order chi connectivity index (χ1) is 9.61. The number of amides is 1. The van der Waals surface area contributed by atoms with Gasteiger partial charge in [-0.3, -0.25) is 4.79 Å². The summed E-state index contributed by atoms with van der Waals surface area (Å²) in [7, 11) is 0. The molecule has 0 aromatic heterocycles. The minimum atomic E-state index is -0.473. The van der Waals surface area contributed by atoms with E-state index in [-0.39, 0.29) is 12.5 Å². The van der Waals surface area contributed by atoms with E-state index in [0.29, 0.717) is 16.3 Å². The number of hydrogen-bond donors (Lipinski definition) is 3. The molecule has 20 heavy (non-hydrogen) atoms. The summed E-state index contributed by atoms with van der Waals surface area (Å²) in [6.07, 6.45) is 0. The summed E-state index contributed by atoms with van der Waals surface area (Å²) in [5.41, 5.74) is 7.24. The number of nitrogens with one attached hydrogen (secondary N) is 1. The van der Waals surface area contributed by atoms with Gasteiger partial charge in [0.2, 0.25) is 0 Å². The highest BCUT2D eigenvalue weighted by molar-refractivity contribution is 6.31. The second-order valence-corrected chi connectivity index (χ2v) is 4.79. The van der Waals surface area contributed by atoms with Gasteiger partial charge in [-0.1, -0.05) is 41.9 Å². The van der Waals surface area contributed by atoms with E-state index in [9.17, 15) is 9.90 Å². The highest BCUT2D eigenvalue weighted by Gasteiger charge is 2.16. The van der Waals surface area contributed by atoms with Crippen LogP contribution in [0.3, 0.4) is 0 Å². The molecule has 4 nitrogen and oxygen atoms in total. The van der Waals surface area contributed by atoms with Crippen LogP contribution in [0.5, 0.6) is 0 Å². The monoisotopic (exact) mass is 290 g/mol. The normalized spacial score (nSPS) is 11.9. The number of halogens is 1. The molecule has 0 saturated carbocycles. The lowest BCUT2D eigenvalue weighted by Gasteiger charge is -2.17. The Bertz CT molecular complexity index is 602. The third-order valence-corrected chi connectivity index (χ3v) is 3.18. The standard InChI is InChI=1S/C15H15ClN2O2/c16-11-6-7-12(13(17)8-11)15(20)18-14(9-19)10-4-2-1-3-5-10/h1-8,14,19H,9,17H2,(H,18,20)/t14-/m1/s1. The van der Waals surface area contributed by atoms with Crippen LogP contribution in [-0.4, -0.2) is 17.6 Å². The Labute approximate surface area is 122 Å². The van der Waals surface area contributed by atoms with Crippen molar-refractivity contribution in [3.8, 4) is 0 Å². The summed E-state index contributed by atoms with van der Waals surface area (Å²) < 4.78 is 0. The van der Waals surface area contributed by atoms with Gasteiger partial charge in [0.15, 0.2) is 0 Å². The van der Waals surface area contributed by atoms with Crippen molar-refractivity contribution < 1.29 is 9.90 Å². The largest absolute Gasteiger partial charge is 0.398 e. The lowest BCUT2D eigenvalue weighted by atomic mass is 10.1. The molecule has 0 bridgehead atoms. The van der Waals surface area contributed by atoms with Gasteiger partial charge < -0.3 is 16.2 Å². The van der Waals surface area contributed by atoms with E-state index in [0.717, 1.165) is 5.56 Å². The van der Waals surface area contributed by atoms with E-state index in [1.165, 1.54) is 6.07 Å². The van der Waals surface area contributed by atoms with E-state index in [1.54, 1.807) is 12.1 Å². The van der Waals surface area contributed by atoms with Crippen molar-refractivity contribution in [3.05, 3.63) is 64.7 Å². The average molecular weight is 291 g/mol. The fraction of sp³-hybridized carbons (Fsp3) is 0.133. The molecule has 0 aliphatic rings. The van der Waals surface area contributed by atoms with Gasteiger partial charge in [0.25, 0.3) is 5.91 Å². The molecule has 0 aliphatic heterocycles. The number of rotatable bonds is 4. The molecule has 0 unspecified atom stereocenters. The van der Waals surface area contributed by atoms with Crippen LogP contribution in [0.2, 0.25) is 5.02 Å². The van der Waals surface area contributed by atoms with E-state index in [2.05, 4.69) is 5.32 Å². The van der Waals surface area contributed by atoms with Crippen molar-refractivity contribution in [1.82, 2.24) is 5.32 Å². The number of carbonyl (C=O) groups excluding carboxylic acids is 1. The predicted octanol–water partition coefficient (Wildman–Crippen LogP) is 2.39. The van der Waals surface area contributed by atoms with Crippen molar-refractivity contribution in [1.29, 1.82) is 0 Å². The van der Waals surface area contributed by atoms with Gasteiger partial charge in [-0.05, 0) is 23.8 Å². The van der Waals surface area contributed by atoms with Crippen LogP contribution in [0, 0.1) is 0 Å². The van der Waals surface area contributed by atoms with Gasteiger partial charge in [-0.15, -0.1) is 0 Å². The topological polar surface area (TPSA) is 75.4 Å². The number of nitrogens with two attached hydrogens (primary N) is 1. The Morgan fingerprint density at radius 3 is 2.55 bits per heavy atom. The summed E-state index contributed by atoms with van der Waals surface area (Å²) in [5, 5.41) is 12.6. The van der Waals surface area contributed by atoms with Crippen molar-refractivity contribution in [2.24, 2.45) is 0 Å². The van der Waals surface area contributed by atoms with Crippen LogP contribution in [0.4, 0.5) is 5.69 Å². The van der Waals surface area contributed by atoms with Crippen LogP contribution in [0.25, 0.3) is 0 Å². The molecular weight excluding hydrogens is 276 g/mol. The maximum absolute atomic E-state index is 12.2. The Kier molecular flexibility index (Phi) is 4.61. The maximum Gasteiger partial charge on any atom is 0.253 e. The molecule has 2 aromatic carbocycles. The Morgan fingerprint density at radius 2 is 1.95 bits per heavy atom. The first-order valence-electron chi connectivity index (χ1n) is 6.13. The van der Waals surface area contributed by atoms with Gasteiger partial charge in [0.1, 0.15) is 0 Å². The molecule has 5 heteroatoms. The smallest absolute Gasteiger partial charge is 0.253 e. The molecule has 4 N–H and O–H groups in total. The minimum Gasteiger partial charge on any atom is -0.398 e. The molecule has 1 amide bonds. The SMILES string of the molecule is Nc1cc(Cl)ccc1C(=O)N[C@H](CO)c1ccccc1. The second-order valence-electron chi connectivity index (χ2n) is 4.35. The van der Waals surface area contributed by atoms with Gasteiger partial charge in [-0.2, -0.15) is 0 Å². The van der Waals surface area contributed by atoms with Crippen LogP contribution in [-0.2, 0) is 0 Å². The minimum absolute atomic E-state index is 0.191. The first-order valence-corrected chi connectivity index (χ1v) is 6.51. The Morgan fingerprint density at radius 1 is 1.25 bits per heavy atom. The fourth-order valence-electron chi connectivity index (χ4n) is 1.90. The molecule has 104 valence electrons. The highest BCUT2D eigenvalue weighted by atomic mass is 35.5. The van der Waals surface area contributed by atoms with Crippen LogP contribution in [0.15, 0.2) is 48.5 Å². The lowest BCUT2D eigenvalue weighted by Crippen LogP contribution is -2.31. The Hall–Kier alpha value is -2.04. The summed E-state index contributed by atoms with van der Waals surface area (Å²) in [6, 6.07) is 13.5. The van der Waals surface area contributed by atoms with Gasteiger partial charge >= 0.3 is 0 Å². The molecule has 2 rings (SSSR count). The predicted molar refractivity (Wildman–Crippen MR) is 79.6 cm³/mol. The van der Waals surface area contributed by atoms with Crippen molar-refractivity contribution in [2.75, 3.05) is 12.3 Å². The lowest BCUT2D eigenvalue weighted by molar-refractivity contribution is 0.0917. The molecule has 0 aliphatic carbocycles. The van der Waals surface area contributed by atoms with Gasteiger partial charge in [0.05, 0.1) is 18.2 Å². The summed E-state index contributed by atoms with van der Waals surface area (Å²) >= 11 is 5.80. The molecule has 0 saturated heterocycles. The Balaban J connectivity index is 2.17. The number of aliphatic hydroxyl groups is 1. The highest BCUT2D eigenvalue weighted by Crippen LogP contribution is 2.19. The third kappa shape index (κ3) is 3.29. The van der Waals surface area contributed by atoms with Crippen molar-refractivity contribution in [2.45, 2.75) is 6.04 Å². The molecule has 2 aromatic rings. The zero-order chi connectivity index (χ0) is 14.5. The van der Waals surface area contributed by atoms with Crippen molar-refractivity contribution >= 4 is 23.2 Å². The molecular formula is C15H15ClN2O2. The van der Waals surface area contributed by atoms with E-state index >= 15 is 0 Å². The fourth-order valence-corrected chi connectivity index (χ4v) is 2.08. The van der Waals surface area contributed by atoms with E-state index in [1.807, 2.05) is 30.3 Å². The number of anilines is 1. The number of hydrogen-bond acceptors (Lipinski definition) is 3. The van der Waals surface area contributed by atoms with Crippen LogP contribution < -0.4 is 11.1 Å². The second kappa shape index (κ2) is 6.41. The summed E-state index contributed by atoms with van der Waals surface area (Å²) in [5.74, 6) is -0.345. The van der Waals surface area contributed by atoms with Crippen LogP contribution >= 0.6 is 11.6 Å².